The van der Waals surface area contributed by atoms with Gasteiger partial charge >= 0.3 is 0 Å². The maximum Gasteiger partial charge on any atom is 0.0542 e. The molecule has 0 amide bonds. The van der Waals surface area contributed by atoms with Crippen LogP contribution in [0.15, 0.2) is 23.1 Å². The van der Waals surface area contributed by atoms with Crippen LogP contribution in [0.2, 0.25) is 10.0 Å². The fraction of sp³-hybridized carbons (Fsp3) is 0.600. The number of hydrogen-bond donors (Lipinski definition) is 1. The number of benzene rings is 1. The van der Waals surface area contributed by atoms with E-state index in [4.69, 9.17) is 23.2 Å². The minimum Gasteiger partial charge on any atom is -0.314 e. The first kappa shape index (κ1) is 15.9. The SMILES string of the molecule is Clc1ccc(Cl)c(SCCN2CCN(C3CNC3)CC2)c1. The van der Waals surface area contributed by atoms with Crippen molar-refractivity contribution in [1.82, 2.24) is 15.1 Å². The molecule has 0 unspecified atom stereocenters. The highest BCUT2D eigenvalue weighted by molar-refractivity contribution is 7.99. The van der Waals surface area contributed by atoms with Gasteiger partial charge in [-0.05, 0) is 18.2 Å². The van der Waals surface area contributed by atoms with Gasteiger partial charge in [-0.25, -0.2) is 0 Å². The summed E-state index contributed by atoms with van der Waals surface area (Å²) < 4.78 is 0. The van der Waals surface area contributed by atoms with Gasteiger partial charge in [-0.2, -0.15) is 0 Å². The van der Waals surface area contributed by atoms with E-state index in [9.17, 15) is 0 Å². The smallest absolute Gasteiger partial charge is 0.0542 e. The lowest BCUT2D eigenvalue weighted by Crippen LogP contribution is -2.61. The van der Waals surface area contributed by atoms with E-state index < -0.39 is 0 Å². The first-order valence-corrected chi connectivity index (χ1v) is 9.21. The average molecular weight is 346 g/mol. The highest BCUT2D eigenvalue weighted by Gasteiger charge is 2.27. The molecule has 0 aromatic heterocycles. The molecule has 2 heterocycles. The van der Waals surface area contributed by atoms with Crippen molar-refractivity contribution in [3.63, 3.8) is 0 Å². The van der Waals surface area contributed by atoms with Gasteiger partial charge in [-0.3, -0.25) is 9.80 Å². The van der Waals surface area contributed by atoms with Crippen molar-refractivity contribution in [3.05, 3.63) is 28.2 Å². The normalized spacial score (nSPS) is 21.4. The summed E-state index contributed by atoms with van der Waals surface area (Å²) in [5, 5.41) is 4.90. The van der Waals surface area contributed by atoms with Gasteiger partial charge < -0.3 is 5.32 Å². The monoisotopic (exact) mass is 345 g/mol. The van der Waals surface area contributed by atoms with E-state index in [2.05, 4.69) is 15.1 Å². The molecule has 2 aliphatic heterocycles. The molecule has 0 spiro atoms. The van der Waals surface area contributed by atoms with Gasteiger partial charge in [0.1, 0.15) is 0 Å². The molecule has 116 valence electrons. The van der Waals surface area contributed by atoms with Gasteiger partial charge in [-0.1, -0.05) is 23.2 Å². The lowest BCUT2D eigenvalue weighted by Gasteiger charge is -2.43. The van der Waals surface area contributed by atoms with E-state index in [1.165, 1.54) is 39.3 Å². The number of piperazine rings is 1. The van der Waals surface area contributed by atoms with Gasteiger partial charge in [0, 0.05) is 67.5 Å². The Hall–Kier alpha value is 0.0300. The Labute approximate surface area is 141 Å². The first-order chi connectivity index (χ1) is 10.2. The molecule has 6 heteroatoms. The second kappa shape index (κ2) is 7.53. The number of thioether (sulfide) groups is 1. The van der Waals surface area contributed by atoms with Crippen molar-refractivity contribution in [1.29, 1.82) is 0 Å². The summed E-state index contributed by atoms with van der Waals surface area (Å²) in [6.07, 6.45) is 0. The zero-order chi connectivity index (χ0) is 14.7. The fourth-order valence-electron chi connectivity index (χ4n) is 2.76. The van der Waals surface area contributed by atoms with E-state index >= 15 is 0 Å². The summed E-state index contributed by atoms with van der Waals surface area (Å²) in [4.78, 5) is 6.26. The molecular weight excluding hydrogens is 325 g/mol. The van der Waals surface area contributed by atoms with Crippen molar-refractivity contribution in [2.24, 2.45) is 0 Å². The Morgan fingerprint density at radius 2 is 1.90 bits per heavy atom. The van der Waals surface area contributed by atoms with E-state index in [1.54, 1.807) is 11.8 Å². The lowest BCUT2D eigenvalue weighted by molar-refractivity contribution is 0.0759. The summed E-state index contributed by atoms with van der Waals surface area (Å²) in [6.45, 7) is 8.22. The van der Waals surface area contributed by atoms with E-state index in [0.717, 1.165) is 33.3 Å². The van der Waals surface area contributed by atoms with Crippen molar-refractivity contribution in [3.8, 4) is 0 Å². The summed E-state index contributed by atoms with van der Waals surface area (Å²) in [7, 11) is 0. The van der Waals surface area contributed by atoms with Crippen molar-refractivity contribution in [2.75, 3.05) is 51.6 Å². The van der Waals surface area contributed by atoms with Crippen LogP contribution in [0, 0.1) is 0 Å². The van der Waals surface area contributed by atoms with E-state index in [1.807, 2.05) is 18.2 Å². The lowest BCUT2D eigenvalue weighted by atomic mass is 10.1. The van der Waals surface area contributed by atoms with Crippen LogP contribution in [0.3, 0.4) is 0 Å². The third-order valence-electron chi connectivity index (χ3n) is 4.24. The second-order valence-corrected chi connectivity index (χ2v) is 7.59. The molecule has 1 aromatic carbocycles. The molecule has 1 N–H and O–H groups in total. The molecule has 0 bridgehead atoms. The van der Waals surface area contributed by atoms with Crippen molar-refractivity contribution >= 4 is 35.0 Å². The van der Waals surface area contributed by atoms with Crippen LogP contribution in [0.1, 0.15) is 0 Å². The van der Waals surface area contributed by atoms with Crippen LogP contribution in [-0.4, -0.2) is 67.4 Å². The molecule has 21 heavy (non-hydrogen) atoms. The number of nitrogens with one attached hydrogen (secondary N) is 1. The molecule has 0 saturated carbocycles. The van der Waals surface area contributed by atoms with Crippen molar-refractivity contribution < 1.29 is 0 Å². The highest BCUT2D eigenvalue weighted by atomic mass is 35.5. The molecule has 2 aliphatic rings. The molecule has 2 fully saturated rings. The van der Waals surface area contributed by atoms with Crippen LogP contribution in [0.5, 0.6) is 0 Å². The maximum absolute atomic E-state index is 6.19. The van der Waals surface area contributed by atoms with Crippen LogP contribution in [0.25, 0.3) is 0 Å². The molecule has 1 aromatic rings. The quantitative estimate of drug-likeness (QED) is 0.826. The number of nitrogens with zero attached hydrogens (tertiary/aromatic N) is 2. The summed E-state index contributed by atoms with van der Waals surface area (Å²) in [5.74, 6) is 1.06. The van der Waals surface area contributed by atoms with Gasteiger partial charge in [0.05, 0.1) is 5.02 Å². The van der Waals surface area contributed by atoms with Gasteiger partial charge in [0.15, 0.2) is 0 Å². The topological polar surface area (TPSA) is 18.5 Å². The molecule has 3 nitrogen and oxygen atoms in total. The summed E-state index contributed by atoms with van der Waals surface area (Å²) in [5.41, 5.74) is 0. The molecule has 0 atom stereocenters. The third kappa shape index (κ3) is 4.27. The average Bonchev–Trinajstić information content (AvgIpc) is 2.43. The molecule has 0 aliphatic carbocycles. The Morgan fingerprint density at radius 3 is 2.57 bits per heavy atom. The standard InChI is InChI=1S/C15H21Cl2N3S/c16-12-1-2-14(17)15(9-12)21-8-7-19-3-5-20(6-4-19)13-10-18-11-13/h1-2,9,13,18H,3-8,10-11H2. The first-order valence-electron chi connectivity index (χ1n) is 7.47. The summed E-state index contributed by atoms with van der Waals surface area (Å²) in [6, 6.07) is 6.45. The fourth-order valence-corrected chi connectivity index (χ4v) is 4.26. The van der Waals surface area contributed by atoms with Gasteiger partial charge in [0.2, 0.25) is 0 Å². The Balaban J connectivity index is 1.39. The predicted octanol–water partition coefficient (Wildman–Crippen LogP) is 2.67. The van der Waals surface area contributed by atoms with Crippen LogP contribution in [-0.2, 0) is 0 Å². The minimum absolute atomic E-state index is 0.754. The third-order valence-corrected chi connectivity index (χ3v) is 5.95. The Bertz CT molecular complexity index is 474. The number of rotatable bonds is 5. The second-order valence-electron chi connectivity index (χ2n) is 5.61. The Morgan fingerprint density at radius 1 is 1.14 bits per heavy atom. The Kier molecular flexibility index (Phi) is 5.71. The molecular formula is C15H21Cl2N3S. The zero-order valence-corrected chi connectivity index (χ0v) is 14.4. The largest absolute Gasteiger partial charge is 0.314 e. The highest BCUT2D eigenvalue weighted by Crippen LogP contribution is 2.29. The van der Waals surface area contributed by atoms with Crippen LogP contribution < -0.4 is 5.32 Å². The van der Waals surface area contributed by atoms with Gasteiger partial charge in [0.25, 0.3) is 0 Å². The maximum atomic E-state index is 6.19. The molecule has 2 saturated heterocycles. The van der Waals surface area contributed by atoms with Crippen LogP contribution >= 0.6 is 35.0 Å². The van der Waals surface area contributed by atoms with Gasteiger partial charge in [-0.15, -0.1) is 11.8 Å². The van der Waals surface area contributed by atoms with Crippen LogP contribution in [0.4, 0.5) is 0 Å². The molecule has 0 radical (unpaired) electrons. The predicted molar refractivity (Wildman–Crippen MR) is 91.9 cm³/mol. The zero-order valence-electron chi connectivity index (χ0n) is 12.0. The summed E-state index contributed by atoms with van der Waals surface area (Å²) >= 11 is 14.0. The molecule has 3 rings (SSSR count). The number of hydrogen-bond acceptors (Lipinski definition) is 4. The van der Waals surface area contributed by atoms with Crippen molar-refractivity contribution in [2.45, 2.75) is 10.9 Å². The number of halogens is 2. The minimum atomic E-state index is 0.754. The van der Waals surface area contributed by atoms with E-state index in [-0.39, 0.29) is 0 Å². The van der Waals surface area contributed by atoms with E-state index in [0.29, 0.717) is 0 Å².